The van der Waals surface area contributed by atoms with Gasteiger partial charge in [0.1, 0.15) is 0 Å². The van der Waals surface area contributed by atoms with Crippen LogP contribution in [-0.4, -0.2) is 25.7 Å². The molecule has 0 bridgehead atoms. The Kier molecular flexibility index (Phi) is 3.71. The summed E-state index contributed by atoms with van der Waals surface area (Å²) in [6.45, 7) is 7.23. The van der Waals surface area contributed by atoms with E-state index in [4.69, 9.17) is 5.26 Å². The van der Waals surface area contributed by atoms with Crippen LogP contribution in [0, 0.1) is 16.7 Å². The molecule has 1 saturated heterocycles. The standard InChI is InChI=1S/C10H19N3/c1-10(2,7-11)8-13-9-3-5-12-6-4-9/h9,12-13H,3-6,8H2,1-2H3/p+1. The molecule has 0 saturated carbocycles. The molecule has 1 rings (SSSR count). The molecule has 1 aliphatic heterocycles. The molecule has 3 nitrogen and oxygen atoms in total. The quantitative estimate of drug-likeness (QED) is 0.638. The Morgan fingerprint density at radius 2 is 2.08 bits per heavy atom. The van der Waals surface area contributed by atoms with Crippen molar-refractivity contribution in [2.24, 2.45) is 5.41 Å². The summed E-state index contributed by atoms with van der Waals surface area (Å²) in [6, 6.07) is 2.95. The van der Waals surface area contributed by atoms with Gasteiger partial charge in [0.2, 0.25) is 0 Å². The Labute approximate surface area is 80.5 Å². The minimum atomic E-state index is -0.221. The predicted molar refractivity (Wildman–Crippen MR) is 52.1 cm³/mol. The molecule has 0 aliphatic carbocycles. The summed E-state index contributed by atoms with van der Waals surface area (Å²) >= 11 is 0. The number of hydrogen-bond donors (Lipinski definition) is 2. The lowest BCUT2D eigenvalue weighted by molar-refractivity contribution is -0.663. The van der Waals surface area contributed by atoms with E-state index in [1.54, 1.807) is 0 Å². The highest BCUT2D eigenvalue weighted by Crippen LogP contribution is 2.12. The zero-order chi connectivity index (χ0) is 9.73. The molecule has 1 aliphatic rings. The maximum absolute atomic E-state index is 8.83. The lowest BCUT2D eigenvalue weighted by Gasteiger charge is -2.25. The van der Waals surface area contributed by atoms with E-state index in [2.05, 4.69) is 16.7 Å². The molecule has 1 heterocycles. The Hall–Kier alpha value is -0.590. The molecule has 13 heavy (non-hydrogen) atoms. The number of nitrogens with zero attached hydrogens (tertiary/aromatic N) is 1. The molecular formula is C10H20N3+. The number of nitrogens with one attached hydrogen (secondary N) is 1. The molecule has 0 aromatic heterocycles. The van der Waals surface area contributed by atoms with E-state index in [0.717, 1.165) is 6.54 Å². The van der Waals surface area contributed by atoms with Crippen molar-refractivity contribution >= 4 is 0 Å². The fraction of sp³-hybridized carbons (Fsp3) is 0.900. The van der Waals surface area contributed by atoms with E-state index in [0.29, 0.717) is 6.04 Å². The number of rotatable bonds is 3. The van der Waals surface area contributed by atoms with Crippen molar-refractivity contribution in [2.75, 3.05) is 19.6 Å². The van der Waals surface area contributed by atoms with Gasteiger partial charge >= 0.3 is 0 Å². The van der Waals surface area contributed by atoms with Crippen molar-refractivity contribution in [1.82, 2.24) is 5.32 Å². The van der Waals surface area contributed by atoms with Gasteiger partial charge in [0.25, 0.3) is 0 Å². The lowest BCUT2D eigenvalue weighted by atomic mass is 9.95. The van der Waals surface area contributed by atoms with Crippen LogP contribution in [0.3, 0.4) is 0 Å². The van der Waals surface area contributed by atoms with Gasteiger partial charge in [-0.1, -0.05) is 0 Å². The fourth-order valence-electron chi connectivity index (χ4n) is 1.57. The van der Waals surface area contributed by atoms with Gasteiger partial charge in [-0.2, -0.15) is 5.26 Å². The molecule has 3 heteroatoms. The van der Waals surface area contributed by atoms with Crippen molar-refractivity contribution in [3.05, 3.63) is 0 Å². The average Bonchev–Trinajstić information content (AvgIpc) is 2.17. The number of quaternary nitrogens is 1. The van der Waals surface area contributed by atoms with Crippen LogP contribution in [-0.2, 0) is 0 Å². The first-order valence-corrected chi connectivity index (χ1v) is 5.10. The molecular weight excluding hydrogens is 162 g/mol. The predicted octanol–water partition coefficient (Wildman–Crippen LogP) is -0.148. The van der Waals surface area contributed by atoms with Gasteiger partial charge in [-0.15, -0.1) is 0 Å². The van der Waals surface area contributed by atoms with Crippen LogP contribution < -0.4 is 10.6 Å². The van der Waals surface area contributed by atoms with Crippen LogP contribution >= 0.6 is 0 Å². The van der Waals surface area contributed by atoms with Crippen molar-refractivity contribution in [3.63, 3.8) is 0 Å². The zero-order valence-corrected chi connectivity index (χ0v) is 8.64. The molecule has 0 atom stereocenters. The van der Waals surface area contributed by atoms with Crippen LogP contribution in [0.25, 0.3) is 0 Å². The summed E-state index contributed by atoms with van der Waals surface area (Å²) in [6.07, 6.45) is 2.48. The minimum absolute atomic E-state index is 0.221. The summed E-state index contributed by atoms with van der Waals surface area (Å²) in [5.41, 5.74) is -0.221. The largest absolute Gasteiger partial charge is 0.346 e. The van der Waals surface area contributed by atoms with E-state index in [-0.39, 0.29) is 5.41 Å². The highest BCUT2D eigenvalue weighted by atomic mass is 15.0. The molecule has 74 valence electrons. The number of piperidine rings is 1. The maximum atomic E-state index is 8.83. The maximum Gasteiger partial charge on any atom is 0.0770 e. The molecule has 0 radical (unpaired) electrons. The monoisotopic (exact) mass is 182 g/mol. The first-order valence-electron chi connectivity index (χ1n) is 5.10. The zero-order valence-electron chi connectivity index (χ0n) is 8.64. The molecule has 1 fully saturated rings. The van der Waals surface area contributed by atoms with E-state index < -0.39 is 0 Å². The van der Waals surface area contributed by atoms with Crippen LogP contribution in [0.2, 0.25) is 0 Å². The van der Waals surface area contributed by atoms with E-state index in [9.17, 15) is 0 Å². The van der Waals surface area contributed by atoms with Crippen LogP contribution in [0.1, 0.15) is 26.7 Å². The summed E-state index contributed by atoms with van der Waals surface area (Å²) in [5.74, 6) is 0. The van der Waals surface area contributed by atoms with E-state index in [1.165, 1.54) is 25.9 Å². The second-order valence-electron chi connectivity index (χ2n) is 4.52. The Bertz CT molecular complexity index is 187. The first kappa shape index (κ1) is 10.5. The summed E-state index contributed by atoms with van der Waals surface area (Å²) < 4.78 is 0. The number of nitriles is 1. The van der Waals surface area contributed by atoms with Gasteiger partial charge < -0.3 is 10.6 Å². The third-order valence-electron chi connectivity index (χ3n) is 2.57. The first-order chi connectivity index (χ1) is 6.14. The third-order valence-corrected chi connectivity index (χ3v) is 2.57. The highest BCUT2D eigenvalue weighted by molar-refractivity contribution is 4.94. The third kappa shape index (κ3) is 3.75. The molecule has 0 unspecified atom stereocenters. The molecule has 0 spiro atoms. The SMILES string of the molecule is CC(C)(C#N)CNC1CC[NH2+]CC1. The van der Waals surface area contributed by atoms with Gasteiger partial charge in [-0.05, 0) is 13.8 Å². The fourth-order valence-corrected chi connectivity index (χ4v) is 1.57. The molecule has 0 aromatic carbocycles. The van der Waals surface area contributed by atoms with Gasteiger partial charge in [-0.3, -0.25) is 0 Å². The molecule has 0 aromatic rings. The average molecular weight is 182 g/mol. The Morgan fingerprint density at radius 3 is 2.62 bits per heavy atom. The number of nitrogens with two attached hydrogens (primary N) is 1. The summed E-state index contributed by atoms with van der Waals surface area (Å²) in [7, 11) is 0. The van der Waals surface area contributed by atoms with Crippen molar-refractivity contribution in [2.45, 2.75) is 32.7 Å². The van der Waals surface area contributed by atoms with Gasteiger partial charge in [0.05, 0.1) is 24.6 Å². The van der Waals surface area contributed by atoms with Crippen LogP contribution in [0.5, 0.6) is 0 Å². The molecule has 0 amide bonds. The summed E-state index contributed by atoms with van der Waals surface area (Å²) in [5, 5.41) is 14.7. The van der Waals surface area contributed by atoms with Gasteiger partial charge in [0, 0.05) is 25.4 Å². The Morgan fingerprint density at radius 1 is 1.46 bits per heavy atom. The van der Waals surface area contributed by atoms with E-state index >= 15 is 0 Å². The highest BCUT2D eigenvalue weighted by Gasteiger charge is 2.20. The van der Waals surface area contributed by atoms with Crippen molar-refractivity contribution in [3.8, 4) is 6.07 Å². The van der Waals surface area contributed by atoms with Gasteiger partial charge in [0.15, 0.2) is 0 Å². The van der Waals surface area contributed by atoms with Crippen molar-refractivity contribution in [1.29, 1.82) is 5.26 Å². The normalized spacial score (nSPS) is 19.8. The smallest absolute Gasteiger partial charge is 0.0770 e. The second-order valence-corrected chi connectivity index (χ2v) is 4.52. The lowest BCUT2D eigenvalue weighted by Crippen LogP contribution is -2.87. The number of hydrogen-bond acceptors (Lipinski definition) is 2. The summed E-state index contributed by atoms with van der Waals surface area (Å²) in [4.78, 5) is 0. The second kappa shape index (κ2) is 4.59. The van der Waals surface area contributed by atoms with Crippen LogP contribution in [0.4, 0.5) is 0 Å². The van der Waals surface area contributed by atoms with Crippen molar-refractivity contribution < 1.29 is 5.32 Å². The minimum Gasteiger partial charge on any atom is -0.346 e. The topological polar surface area (TPSA) is 52.4 Å². The van der Waals surface area contributed by atoms with Crippen LogP contribution in [0.15, 0.2) is 0 Å². The van der Waals surface area contributed by atoms with E-state index in [1.807, 2.05) is 13.8 Å². The Balaban J connectivity index is 2.22. The van der Waals surface area contributed by atoms with Gasteiger partial charge in [-0.25, -0.2) is 0 Å². The molecule has 3 N–H and O–H groups in total.